The molecule has 1 heterocycles. The molecule has 2 rings (SSSR count). The molecule has 86 valence electrons. The van der Waals surface area contributed by atoms with Crippen LogP contribution in [-0.4, -0.2) is 22.7 Å². The molecule has 0 saturated heterocycles. The zero-order chi connectivity index (χ0) is 11.4. The van der Waals surface area contributed by atoms with E-state index in [-0.39, 0.29) is 5.69 Å². The minimum absolute atomic E-state index is 0.0314. The third-order valence-corrected chi connectivity index (χ3v) is 2.88. The summed E-state index contributed by atoms with van der Waals surface area (Å²) in [6.07, 6.45) is 4.96. The smallest absolute Gasteiger partial charge is 0.354 e. The van der Waals surface area contributed by atoms with Crippen LogP contribution in [0.1, 0.15) is 36.2 Å². The molecule has 0 aliphatic heterocycles. The molecule has 0 spiro atoms. The molecule has 1 aromatic heterocycles. The van der Waals surface area contributed by atoms with Crippen molar-refractivity contribution in [1.29, 1.82) is 0 Å². The van der Waals surface area contributed by atoms with Gasteiger partial charge in [0.1, 0.15) is 0 Å². The summed E-state index contributed by atoms with van der Waals surface area (Å²) in [7, 11) is 0. The first-order valence-corrected chi connectivity index (χ1v) is 5.59. The molecule has 0 radical (unpaired) electrons. The number of pyridine rings is 1. The van der Waals surface area contributed by atoms with Crippen LogP contribution in [0.15, 0.2) is 18.2 Å². The van der Waals surface area contributed by atoms with Crippen molar-refractivity contribution in [2.75, 3.05) is 6.61 Å². The standard InChI is InChI=1S/C12H15NO3/c14-12(15)10-6-3-7-11(13-10)16-8-9-4-1-2-5-9/h3,6-7,9H,1-2,4-5,8H2,(H,14,15). The fourth-order valence-corrected chi connectivity index (χ4v) is 1.99. The Balaban J connectivity index is 1.93. The fraction of sp³-hybridized carbons (Fsp3) is 0.500. The van der Waals surface area contributed by atoms with Crippen LogP contribution in [0.3, 0.4) is 0 Å². The van der Waals surface area contributed by atoms with Gasteiger partial charge in [-0.05, 0) is 24.8 Å². The van der Waals surface area contributed by atoms with Gasteiger partial charge in [-0.2, -0.15) is 0 Å². The van der Waals surface area contributed by atoms with E-state index in [1.165, 1.54) is 31.7 Å². The summed E-state index contributed by atoms with van der Waals surface area (Å²) in [5.74, 6) is -0.00611. The molecule has 1 aromatic rings. The SMILES string of the molecule is O=C(O)c1cccc(OCC2CCCC2)n1. The molecule has 1 aliphatic carbocycles. The van der Waals surface area contributed by atoms with Gasteiger partial charge in [0.05, 0.1) is 6.61 Å². The van der Waals surface area contributed by atoms with Crippen molar-refractivity contribution in [2.24, 2.45) is 5.92 Å². The summed E-state index contributed by atoms with van der Waals surface area (Å²) in [5, 5.41) is 8.77. The van der Waals surface area contributed by atoms with Crippen molar-refractivity contribution in [2.45, 2.75) is 25.7 Å². The zero-order valence-corrected chi connectivity index (χ0v) is 9.06. The molecular weight excluding hydrogens is 206 g/mol. The first kappa shape index (κ1) is 10.9. The number of nitrogens with zero attached hydrogens (tertiary/aromatic N) is 1. The third-order valence-electron chi connectivity index (χ3n) is 2.88. The number of rotatable bonds is 4. The van der Waals surface area contributed by atoms with Gasteiger partial charge in [-0.25, -0.2) is 9.78 Å². The zero-order valence-electron chi connectivity index (χ0n) is 9.06. The number of aromatic nitrogens is 1. The number of hydrogen-bond donors (Lipinski definition) is 1. The van der Waals surface area contributed by atoms with E-state index in [2.05, 4.69) is 4.98 Å². The highest BCUT2D eigenvalue weighted by Gasteiger charge is 2.16. The molecule has 0 amide bonds. The van der Waals surface area contributed by atoms with Gasteiger partial charge in [-0.1, -0.05) is 18.9 Å². The van der Waals surface area contributed by atoms with Gasteiger partial charge in [-0.15, -0.1) is 0 Å². The van der Waals surface area contributed by atoms with Crippen LogP contribution in [0.4, 0.5) is 0 Å². The molecule has 1 aliphatic rings. The number of carboxylic acids is 1. The lowest BCUT2D eigenvalue weighted by Crippen LogP contribution is -2.10. The summed E-state index contributed by atoms with van der Waals surface area (Å²) in [6.45, 7) is 0.649. The van der Waals surface area contributed by atoms with Gasteiger partial charge in [-0.3, -0.25) is 0 Å². The van der Waals surface area contributed by atoms with Crippen LogP contribution in [0.25, 0.3) is 0 Å². The van der Waals surface area contributed by atoms with Gasteiger partial charge < -0.3 is 9.84 Å². The molecule has 1 N–H and O–H groups in total. The summed E-state index contributed by atoms with van der Waals surface area (Å²) in [5.41, 5.74) is 0.0314. The molecule has 0 atom stereocenters. The highest BCUT2D eigenvalue weighted by atomic mass is 16.5. The van der Waals surface area contributed by atoms with Crippen molar-refractivity contribution in [3.05, 3.63) is 23.9 Å². The summed E-state index contributed by atoms with van der Waals surface area (Å²) < 4.78 is 5.51. The molecule has 1 fully saturated rings. The van der Waals surface area contributed by atoms with Crippen LogP contribution in [0, 0.1) is 5.92 Å². The monoisotopic (exact) mass is 221 g/mol. The second kappa shape index (κ2) is 4.96. The average Bonchev–Trinajstić information content (AvgIpc) is 2.79. The highest BCUT2D eigenvalue weighted by Crippen LogP contribution is 2.25. The minimum atomic E-state index is -1.02. The molecular formula is C12H15NO3. The van der Waals surface area contributed by atoms with E-state index in [1.807, 2.05) is 0 Å². The van der Waals surface area contributed by atoms with E-state index in [4.69, 9.17) is 9.84 Å². The van der Waals surface area contributed by atoms with Gasteiger partial charge in [0.25, 0.3) is 0 Å². The van der Waals surface area contributed by atoms with Crippen molar-refractivity contribution in [1.82, 2.24) is 4.98 Å². The molecule has 0 aromatic carbocycles. The fourth-order valence-electron chi connectivity index (χ4n) is 1.99. The maximum absolute atomic E-state index is 10.7. The van der Waals surface area contributed by atoms with E-state index < -0.39 is 5.97 Å². The van der Waals surface area contributed by atoms with Crippen LogP contribution < -0.4 is 4.74 Å². The second-order valence-corrected chi connectivity index (χ2v) is 4.13. The maximum Gasteiger partial charge on any atom is 0.354 e. The van der Waals surface area contributed by atoms with Crippen LogP contribution >= 0.6 is 0 Å². The quantitative estimate of drug-likeness (QED) is 0.847. The molecule has 0 unspecified atom stereocenters. The van der Waals surface area contributed by atoms with Crippen molar-refractivity contribution < 1.29 is 14.6 Å². The summed E-state index contributed by atoms with van der Waals surface area (Å²) in [4.78, 5) is 14.6. The Labute approximate surface area is 94.3 Å². The van der Waals surface area contributed by atoms with E-state index in [9.17, 15) is 4.79 Å². The predicted molar refractivity (Wildman–Crippen MR) is 58.6 cm³/mol. The highest BCUT2D eigenvalue weighted by molar-refractivity contribution is 5.85. The number of carboxylic acid groups (broad SMARTS) is 1. The average molecular weight is 221 g/mol. The van der Waals surface area contributed by atoms with Gasteiger partial charge in [0, 0.05) is 6.07 Å². The summed E-state index contributed by atoms with van der Waals surface area (Å²) in [6, 6.07) is 4.81. The van der Waals surface area contributed by atoms with E-state index in [1.54, 1.807) is 12.1 Å². The normalized spacial score (nSPS) is 16.2. The Morgan fingerprint density at radius 2 is 2.19 bits per heavy atom. The molecule has 0 bridgehead atoms. The Morgan fingerprint density at radius 3 is 2.88 bits per heavy atom. The van der Waals surface area contributed by atoms with Crippen molar-refractivity contribution >= 4 is 5.97 Å². The molecule has 1 saturated carbocycles. The Morgan fingerprint density at radius 1 is 1.44 bits per heavy atom. The van der Waals surface area contributed by atoms with Gasteiger partial charge >= 0.3 is 5.97 Å². The van der Waals surface area contributed by atoms with Crippen LogP contribution in [-0.2, 0) is 0 Å². The third kappa shape index (κ3) is 2.72. The van der Waals surface area contributed by atoms with Crippen molar-refractivity contribution in [3.8, 4) is 5.88 Å². The number of hydrogen-bond acceptors (Lipinski definition) is 3. The number of ether oxygens (including phenoxy) is 1. The Bertz CT molecular complexity index is 372. The maximum atomic E-state index is 10.7. The Kier molecular flexibility index (Phi) is 3.39. The number of carbonyl (C=O) groups is 1. The van der Waals surface area contributed by atoms with Gasteiger partial charge in [0.15, 0.2) is 5.69 Å². The Hall–Kier alpha value is -1.58. The lowest BCUT2D eigenvalue weighted by molar-refractivity contribution is 0.0689. The minimum Gasteiger partial charge on any atom is -0.477 e. The van der Waals surface area contributed by atoms with Crippen molar-refractivity contribution in [3.63, 3.8) is 0 Å². The molecule has 16 heavy (non-hydrogen) atoms. The molecule has 4 nitrogen and oxygen atoms in total. The van der Waals surface area contributed by atoms with Gasteiger partial charge in [0.2, 0.25) is 5.88 Å². The molecule has 4 heteroatoms. The largest absolute Gasteiger partial charge is 0.477 e. The first-order chi connectivity index (χ1) is 7.75. The lowest BCUT2D eigenvalue weighted by atomic mass is 10.1. The van der Waals surface area contributed by atoms with E-state index in [0.29, 0.717) is 18.4 Å². The summed E-state index contributed by atoms with van der Waals surface area (Å²) >= 11 is 0. The predicted octanol–water partition coefficient (Wildman–Crippen LogP) is 2.35. The topological polar surface area (TPSA) is 59.4 Å². The van der Waals surface area contributed by atoms with E-state index in [0.717, 1.165) is 0 Å². The van der Waals surface area contributed by atoms with Crippen LogP contribution in [0.5, 0.6) is 5.88 Å². The second-order valence-electron chi connectivity index (χ2n) is 4.13. The number of aromatic carboxylic acids is 1. The van der Waals surface area contributed by atoms with E-state index >= 15 is 0 Å². The van der Waals surface area contributed by atoms with Crippen LogP contribution in [0.2, 0.25) is 0 Å². The lowest BCUT2D eigenvalue weighted by Gasteiger charge is -2.10. The first-order valence-electron chi connectivity index (χ1n) is 5.59.